The van der Waals surface area contributed by atoms with E-state index < -0.39 is 0 Å². The summed E-state index contributed by atoms with van der Waals surface area (Å²) in [5, 5.41) is 0. The molecule has 0 saturated heterocycles. The van der Waals surface area contributed by atoms with Crippen LogP contribution in [0, 0.1) is 19.8 Å². The number of allylic oxidation sites excluding steroid dienone is 2. The van der Waals surface area contributed by atoms with Gasteiger partial charge in [0.15, 0.2) is 0 Å². The number of hydrogen-bond acceptors (Lipinski definition) is 0. The van der Waals surface area contributed by atoms with Gasteiger partial charge in [0.25, 0.3) is 0 Å². The maximum atomic E-state index is 2.40. The normalized spacial score (nSPS) is 29.4. The van der Waals surface area contributed by atoms with Gasteiger partial charge in [-0.05, 0) is 38.2 Å². The smallest absolute Gasteiger partial charge is 0.0106 e. The van der Waals surface area contributed by atoms with E-state index in [-0.39, 0.29) is 5.41 Å². The predicted octanol–water partition coefficient (Wildman–Crippen LogP) is 4.55. The highest BCUT2D eigenvalue weighted by Crippen LogP contribution is 2.37. The molecule has 0 aromatic heterocycles. The third-order valence-corrected chi connectivity index (χ3v) is 3.68. The van der Waals surface area contributed by atoms with Crippen molar-refractivity contribution in [3.05, 3.63) is 47.0 Å². The third kappa shape index (κ3) is 2.21. The fraction of sp³-hybridized carbons (Fsp3) is 0.500. The van der Waals surface area contributed by atoms with E-state index in [9.17, 15) is 0 Å². The zero-order valence-electron chi connectivity index (χ0n) is 10.9. The molecule has 2 unspecified atom stereocenters. The largest absolute Gasteiger partial charge is 0.0874 e. The van der Waals surface area contributed by atoms with Crippen LogP contribution in [0.1, 0.15) is 43.4 Å². The Hall–Kier alpha value is -1.04. The SMILES string of the molecule is Cc1cc(C)cc(C2(C)C=CCC(C)C2)c1. The topological polar surface area (TPSA) is 0 Å². The predicted molar refractivity (Wildman–Crippen MR) is 70.8 cm³/mol. The Kier molecular flexibility index (Phi) is 2.92. The van der Waals surface area contributed by atoms with E-state index in [1.54, 1.807) is 0 Å². The van der Waals surface area contributed by atoms with E-state index in [4.69, 9.17) is 0 Å². The third-order valence-electron chi connectivity index (χ3n) is 3.68. The minimum absolute atomic E-state index is 0.244. The van der Waals surface area contributed by atoms with Crippen LogP contribution in [0.4, 0.5) is 0 Å². The zero-order valence-corrected chi connectivity index (χ0v) is 10.9. The summed E-state index contributed by atoms with van der Waals surface area (Å²) in [7, 11) is 0. The van der Waals surface area contributed by atoms with Crippen LogP contribution in [0.25, 0.3) is 0 Å². The molecule has 1 aromatic rings. The van der Waals surface area contributed by atoms with Crippen molar-refractivity contribution in [3.63, 3.8) is 0 Å². The van der Waals surface area contributed by atoms with E-state index in [0.29, 0.717) is 0 Å². The summed E-state index contributed by atoms with van der Waals surface area (Å²) in [5.41, 5.74) is 4.48. The highest BCUT2D eigenvalue weighted by Gasteiger charge is 2.28. The van der Waals surface area contributed by atoms with Crippen LogP contribution in [0.2, 0.25) is 0 Å². The highest BCUT2D eigenvalue weighted by atomic mass is 14.3. The van der Waals surface area contributed by atoms with Gasteiger partial charge in [0.1, 0.15) is 0 Å². The molecule has 1 aliphatic carbocycles. The molecule has 0 nitrogen and oxygen atoms in total. The molecular formula is C16H22. The van der Waals surface area contributed by atoms with Crippen molar-refractivity contribution in [2.75, 3.05) is 0 Å². The molecule has 0 bridgehead atoms. The van der Waals surface area contributed by atoms with Gasteiger partial charge in [-0.25, -0.2) is 0 Å². The first-order valence-electron chi connectivity index (χ1n) is 6.26. The van der Waals surface area contributed by atoms with Crippen LogP contribution >= 0.6 is 0 Å². The van der Waals surface area contributed by atoms with E-state index >= 15 is 0 Å². The second-order valence-electron chi connectivity index (χ2n) is 5.74. The second-order valence-corrected chi connectivity index (χ2v) is 5.74. The van der Waals surface area contributed by atoms with Gasteiger partial charge in [0.2, 0.25) is 0 Å². The van der Waals surface area contributed by atoms with Crippen molar-refractivity contribution < 1.29 is 0 Å². The minimum Gasteiger partial charge on any atom is -0.0874 e. The molecule has 0 N–H and O–H groups in total. The number of hydrogen-bond donors (Lipinski definition) is 0. The second kappa shape index (κ2) is 4.08. The van der Waals surface area contributed by atoms with Gasteiger partial charge in [-0.15, -0.1) is 0 Å². The van der Waals surface area contributed by atoms with Crippen molar-refractivity contribution in [3.8, 4) is 0 Å². The van der Waals surface area contributed by atoms with Crippen LogP contribution in [-0.4, -0.2) is 0 Å². The summed E-state index contributed by atoms with van der Waals surface area (Å²) in [5.74, 6) is 0.802. The Bertz CT molecular complexity index is 394. The first-order chi connectivity index (χ1) is 7.49. The first kappa shape index (κ1) is 11.4. The summed E-state index contributed by atoms with van der Waals surface area (Å²) in [6.07, 6.45) is 7.26. The summed E-state index contributed by atoms with van der Waals surface area (Å²) >= 11 is 0. The van der Waals surface area contributed by atoms with Crippen LogP contribution < -0.4 is 0 Å². The molecule has 16 heavy (non-hydrogen) atoms. The summed E-state index contributed by atoms with van der Waals surface area (Å²) < 4.78 is 0. The standard InChI is InChI=1S/C16H22/c1-12-6-5-7-16(4,11-12)15-9-13(2)8-14(3)10-15/h5,7-10,12H,6,11H2,1-4H3. The average Bonchev–Trinajstić information content (AvgIpc) is 2.15. The molecule has 0 heterocycles. The van der Waals surface area contributed by atoms with E-state index in [2.05, 4.69) is 58.0 Å². The van der Waals surface area contributed by atoms with Crippen molar-refractivity contribution in [1.82, 2.24) is 0 Å². The fourth-order valence-corrected chi connectivity index (χ4v) is 2.95. The fourth-order valence-electron chi connectivity index (χ4n) is 2.95. The highest BCUT2D eigenvalue weighted by molar-refractivity contribution is 5.37. The lowest BCUT2D eigenvalue weighted by Gasteiger charge is -2.33. The van der Waals surface area contributed by atoms with Crippen LogP contribution in [0.5, 0.6) is 0 Å². The zero-order chi connectivity index (χ0) is 11.8. The van der Waals surface area contributed by atoms with Gasteiger partial charge in [-0.1, -0.05) is 55.3 Å². The number of benzene rings is 1. The lowest BCUT2D eigenvalue weighted by Crippen LogP contribution is -2.25. The van der Waals surface area contributed by atoms with Crippen LogP contribution in [0.3, 0.4) is 0 Å². The van der Waals surface area contributed by atoms with Crippen molar-refractivity contribution >= 4 is 0 Å². The van der Waals surface area contributed by atoms with Crippen LogP contribution in [0.15, 0.2) is 30.4 Å². The summed E-state index contributed by atoms with van der Waals surface area (Å²) in [6, 6.07) is 6.94. The monoisotopic (exact) mass is 214 g/mol. The molecule has 0 spiro atoms. The molecule has 2 rings (SSSR count). The molecule has 0 heteroatoms. The molecule has 0 aliphatic heterocycles. The lowest BCUT2D eigenvalue weighted by molar-refractivity contribution is 0.396. The number of rotatable bonds is 1. The summed E-state index contributed by atoms with van der Waals surface area (Å²) in [6.45, 7) is 9.10. The van der Waals surface area contributed by atoms with Gasteiger partial charge >= 0.3 is 0 Å². The van der Waals surface area contributed by atoms with Crippen LogP contribution in [-0.2, 0) is 5.41 Å². The molecule has 0 fully saturated rings. The van der Waals surface area contributed by atoms with E-state index in [0.717, 1.165) is 5.92 Å². The van der Waals surface area contributed by atoms with Crippen molar-refractivity contribution in [2.45, 2.75) is 46.0 Å². The maximum absolute atomic E-state index is 2.40. The van der Waals surface area contributed by atoms with Gasteiger partial charge < -0.3 is 0 Å². The van der Waals surface area contributed by atoms with Gasteiger partial charge in [-0.2, -0.15) is 0 Å². The van der Waals surface area contributed by atoms with Crippen molar-refractivity contribution in [1.29, 1.82) is 0 Å². The first-order valence-corrected chi connectivity index (χ1v) is 6.26. The average molecular weight is 214 g/mol. The molecule has 0 amide bonds. The Morgan fingerprint density at radius 3 is 2.31 bits per heavy atom. The molecule has 86 valence electrons. The quantitative estimate of drug-likeness (QED) is 0.602. The molecule has 1 aliphatic rings. The lowest BCUT2D eigenvalue weighted by atomic mass is 9.71. The number of aryl methyl sites for hydroxylation is 2. The van der Waals surface area contributed by atoms with E-state index in [1.807, 2.05) is 0 Å². The van der Waals surface area contributed by atoms with Gasteiger partial charge in [0, 0.05) is 5.41 Å². The Labute approximate surface area is 99.4 Å². The van der Waals surface area contributed by atoms with E-state index in [1.165, 1.54) is 29.5 Å². The minimum atomic E-state index is 0.244. The molecule has 1 aromatic carbocycles. The van der Waals surface area contributed by atoms with Crippen molar-refractivity contribution in [2.24, 2.45) is 5.92 Å². The summed E-state index contributed by atoms with van der Waals surface area (Å²) in [4.78, 5) is 0. The Morgan fingerprint density at radius 2 is 1.75 bits per heavy atom. The maximum Gasteiger partial charge on any atom is 0.0106 e. The van der Waals surface area contributed by atoms with Gasteiger partial charge in [0.05, 0.1) is 0 Å². The van der Waals surface area contributed by atoms with Gasteiger partial charge in [-0.3, -0.25) is 0 Å². The Balaban J connectivity index is 2.42. The Morgan fingerprint density at radius 1 is 1.12 bits per heavy atom. The molecule has 0 radical (unpaired) electrons. The molecular weight excluding hydrogens is 192 g/mol. The molecule has 0 saturated carbocycles. The molecule has 2 atom stereocenters.